The Balaban J connectivity index is 1.71. The number of hydrazone groups is 1. The van der Waals surface area contributed by atoms with E-state index in [4.69, 9.17) is 4.42 Å². The Morgan fingerprint density at radius 3 is 2.82 bits per heavy atom. The molecule has 0 bridgehead atoms. The van der Waals surface area contributed by atoms with Gasteiger partial charge in [0.05, 0.1) is 17.4 Å². The van der Waals surface area contributed by atoms with Crippen molar-refractivity contribution >= 4 is 32.4 Å². The van der Waals surface area contributed by atoms with Crippen LogP contribution in [0, 0.1) is 5.92 Å². The minimum Gasteiger partial charge on any atom is -0.455 e. The van der Waals surface area contributed by atoms with Crippen LogP contribution in [0.3, 0.4) is 0 Å². The summed E-state index contributed by atoms with van der Waals surface area (Å²) in [5.41, 5.74) is 3.71. The zero-order chi connectivity index (χ0) is 15.7. The number of carbonyl (C=O) groups is 1. The maximum absolute atomic E-state index is 11.9. The van der Waals surface area contributed by atoms with Gasteiger partial charge < -0.3 is 4.42 Å². The van der Waals surface area contributed by atoms with Gasteiger partial charge in [-0.1, -0.05) is 18.2 Å². The first kappa shape index (κ1) is 14.8. The predicted molar refractivity (Wildman–Crippen MR) is 83.3 cm³/mol. The number of fused-ring (bicyclic) bond motifs is 1. The average molecular weight is 320 g/mol. The molecule has 0 spiro atoms. The molecule has 1 aromatic carbocycles. The Kier molecular flexibility index (Phi) is 3.74. The van der Waals surface area contributed by atoms with Crippen molar-refractivity contribution in [3.05, 3.63) is 36.1 Å². The predicted octanol–water partition coefficient (Wildman–Crippen LogP) is 1.71. The van der Waals surface area contributed by atoms with Crippen LogP contribution >= 0.6 is 0 Å². The molecule has 22 heavy (non-hydrogen) atoms. The van der Waals surface area contributed by atoms with Gasteiger partial charge >= 0.3 is 0 Å². The molecule has 7 heteroatoms. The van der Waals surface area contributed by atoms with Crippen LogP contribution in [0.5, 0.6) is 0 Å². The van der Waals surface area contributed by atoms with Crippen LogP contribution in [0.2, 0.25) is 0 Å². The molecule has 0 saturated carbocycles. The topological polar surface area (TPSA) is 88.7 Å². The van der Waals surface area contributed by atoms with Gasteiger partial charge in [0.1, 0.15) is 11.3 Å². The largest absolute Gasteiger partial charge is 0.455 e. The Bertz CT molecular complexity index is 818. The lowest BCUT2D eigenvalue weighted by Gasteiger charge is -2.05. The lowest BCUT2D eigenvalue weighted by Crippen LogP contribution is -2.28. The van der Waals surface area contributed by atoms with Crippen molar-refractivity contribution in [2.75, 3.05) is 11.5 Å². The van der Waals surface area contributed by atoms with Crippen LogP contribution < -0.4 is 5.43 Å². The van der Waals surface area contributed by atoms with Crippen LogP contribution in [-0.2, 0) is 14.6 Å². The van der Waals surface area contributed by atoms with Crippen molar-refractivity contribution in [1.82, 2.24) is 5.43 Å². The number of nitrogens with zero attached hydrogens (tertiary/aromatic N) is 1. The monoisotopic (exact) mass is 320 g/mol. The fraction of sp³-hybridized carbons (Fsp3) is 0.333. The molecule has 2 heterocycles. The number of hydrogen-bond acceptors (Lipinski definition) is 5. The molecule has 1 aromatic heterocycles. The third-order valence-electron chi connectivity index (χ3n) is 3.72. The summed E-state index contributed by atoms with van der Waals surface area (Å²) in [5.74, 6) is -0.343. The highest BCUT2D eigenvalue weighted by Crippen LogP contribution is 2.20. The Morgan fingerprint density at radius 2 is 2.14 bits per heavy atom. The number of para-hydroxylation sites is 1. The summed E-state index contributed by atoms with van der Waals surface area (Å²) in [7, 11) is -3.08. The molecular formula is C15H16N2O4S. The first-order valence-electron chi connectivity index (χ1n) is 6.98. The molecule has 1 amide bonds. The highest BCUT2D eigenvalue weighted by Gasteiger charge is 2.32. The Hall–Kier alpha value is -2.15. The van der Waals surface area contributed by atoms with E-state index in [1.54, 1.807) is 6.92 Å². The second kappa shape index (κ2) is 5.57. The number of amides is 1. The standard InChI is InChI=1S/C15H16N2O4S/c1-10(14-8-11-4-2-3-5-13(11)21-14)16-17-15(18)12-6-7-22(19,20)9-12/h2-5,8,12H,6-7,9H2,1H3,(H,17,18)/b16-10-/t12-/m0/s1. The van der Waals surface area contributed by atoms with E-state index >= 15 is 0 Å². The molecular weight excluding hydrogens is 304 g/mol. The smallest absolute Gasteiger partial charge is 0.244 e. The van der Waals surface area contributed by atoms with E-state index in [9.17, 15) is 13.2 Å². The summed E-state index contributed by atoms with van der Waals surface area (Å²) in [4.78, 5) is 11.9. The fourth-order valence-electron chi connectivity index (χ4n) is 2.45. The van der Waals surface area contributed by atoms with Gasteiger partial charge in [0.2, 0.25) is 5.91 Å². The van der Waals surface area contributed by atoms with Gasteiger partial charge in [0.25, 0.3) is 0 Å². The van der Waals surface area contributed by atoms with E-state index in [0.29, 0.717) is 17.9 Å². The minimum atomic E-state index is -3.08. The van der Waals surface area contributed by atoms with Crippen molar-refractivity contribution in [3.8, 4) is 0 Å². The fourth-order valence-corrected chi connectivity index (χ4v) is 4.19. The van der Waals surface area contributed by atoms with Gasteiger partial charge in [-0.05, 0) is 25.5 Å². The van der Waals surface area contributed by atoms with Crippen molar-refractivity contribution in [3.63, 3.8) is 0 Å². The Morgan fingerprint density at radius 1 is 1.36 bits per heavy atom. The highest BCUT2D eigenvalue weighted by molar-refractivity contribution is 7.91. The van der Waals surface area contributed by atoms with E-state index in [1.807, 2.05) is 30.3 Å². The minimum absolute atomic E-state index is 0.0668. The number of furan rings is 1. The zero-order valence-corrected chi connectivity index (χ0v) is 12.9. The molecule has 0 aliphatic carbocycles. The van der Waals surface area contributed by atoms with Crippen molar-refractivity contribution in [2.45, 2.75) is 13.3 Å². The summed E-state index contributed by atoms with van der Waals surface area (Å²) < 4.78 is 28.4. The van der Waals surface area contributed by atoms with Crippen LogP contribution in [0.1, 0.15) is 19.1 Å². The van der Waals surface area contributed by atoms with Crippen LogP contribution in [-0.4, -0.2) is 31.5 Å². The average Bonchev–Trinajstić information content (AvgIpc) is 3.07. The maximum Gasteiger partial charge on any atom is 0.244 e. The molecule has 1 aliphatic rings. The highest BCUT2D eigenvalue weighted by atomic mass is 32.2. The second-order valence-electron chi connectivity index (χ2n) is 5.42. The molecule has 116 valence electrons. The van der Waals surface area contributed by atoms with E-state index in [1.165, 1.54) is 0 Å². The summed E-state index contributed by atoms with van der Waals surface area (Å²) in [6.07, 6.45) is 0.355. The normalized spacial score (nSPS) is 21.1. The number of nitrogens with one attached hydrogen (secondary N) is 1. The molecule has 2 aromatic rings. The van der Waals surface area contributed by atoms with E-state index in [2.05, 4.69) is 10.5 Å². The molecule has 1 aliphatic heterocycles. The summed E-state index contributed by atoms with van der Waals surface area (Å²) >= 11 is 0. The van der Waals surface area contributed by atoms with E-state index in [-0.39, 0.29) is 17.4 Å². The maximum atomic E-state index is 11.9. The van der Waals surface area contributed by atoms with Gasteiger partial charge in [-0.15, -0.1) is 0 Å². The third kappa shape index (κ3) is 3.04. The third-order valence-corrected chi connectivity index (χ3v) is 5.49. The first-order chi connectivity index (χ1) is 10.4. The molecule has 0 radical (unpaired) electrons. The quantitative estimate of drug-likeness (QED) is 0.688. The van der Waals surface area contributed by atoms with Gasteiger partial charge in [-0.2, -0.15) is 5.10 Å². The van der Waals surface area contributed by atoms with Crippen molar-refractivity contribution < 1.29 is 17.6 Å². The number of rotatable bonds is 3. The molecule has 1 saturated heterocycles. The van der Waals surface area contributed by atoms with Gasteiger partial charge in [-0.25, -0.2) is 13.8 Å². The lowest BCUT2D eigenvalue weighted by molar-refractivity contribution is -0.124. The van der Waals surface area contributed by atoms with Crippen molar-refractivity contribution in [2.24, 2.45) is 11.0 Å². The van der Waals surface area contributed by atoms with Crippen LogP contribution in [0.25, 0.3) is 11.0 Å². The molecule has 0 unspecified atom stereocenters. The summed E-state index contributed by atoms with van der Waals surface area (Å²) in [6.45, 7) is 1.73. The van der Waals surface area contributed by atoms with Crippen LogP contribution in [0.15, 0.2) is 39.9 Å². The van der Waals surface area contributed by atoms with Crippen molar-refractivity contribution in [1.29, 1.82) is 0 Å². The van der Waals surface area contributed by atoms with E-state index < -0.39 is 15.8 Å². The van der Waals surface area contributed by atoms with Gasteiger partial charge in [-0.3, -0.25) is 4.79 Å². The Labute approximate surface area is 128 Å². The SMILES string of the molecule is C/C(=N/NC(=O)[C@H]1CCS(=O)(=O)C1)c1cc2ccccc2o1. The number of sulfone groups is 1. The van der Waals surface area contributed by atoms with E-state index in [0.717, 1.165) is 11.0 Å². The lowest BCUT2D eigenvalue weighted by atomic mass is 10.1. The van der Waals surface area contributed by atoms with Gasteiger partial charge in [0.15, 0.2) is 15.6 Å². The number of benzene rings is 1. The number of carbonyl (C=O) groups excluding carboxylic acids is 1. The molecule has 1 fully saturated rings. The van der Waals surface area contributed by atoms with Gasteiger partial charge in [0, 0.05) is 5.39 Å². The first-order valence-corrected chi connectivity index (χ1v) is 8.80. The summed E-state index contributed by atoms with van der Waals surface area (Å²) in [5, 5.41) is 4.97. The second-order valence-corrected chi connectivity index (χ2v) is 7.65. The summed E-state index contributed by atoms with van der Waals surface area (Å²) in [6, 6.07) is 9.42. The zero-order valence-electron chi connectivity index (χ0n) is 12.1. The molecule has 1 atom stereocenters. The number of hydrogen-bond donors (Lipinski definition) is 1. The van der Waals surface area contributed by atoms with Crippen LogP contribution in [0.4, 0.5) is 0 Å². The molecule has 1 N–H and O–H groups in total. The molecule has 3 rings (SSSR count). The molecule has 6 nitrogen and oxygen atoms in total.